The van der Waals surface area contributed by atoms with E-state index in [2.05, 4.69) is 24.5 Å². The van der Waals surface area contributed by atoms with Crippen LogP contribution in [0.3, 0.4) is 0 Å². The number of Topliss-reactive ketones (excluding diaryl/α,β-unsaturated/α-hetero) is 1. The number of nitrogens with one attached hydrogen (secondary N) is 2. The third-order valence-electron chi connectivity index (χ3n) is 6.36. The van der Waals surface area contributed by atoms with E-state index in [1.54, 1.807) is 12.1 Å². The number of hydrogen-bond acceptors (Lipinski definition) is 5. The van der Waals surface area contributed by atoms with Crippen LogP contribution in [0.4, 0.5) is 11.4 Å². The van der Waals surface area contributed by atoms with Crippen LogP contribution in [-0.2, 0) is 16.0 Å². The first kappa shape index (κ1) is 22.0. The van der Waals surface area contributed by atoms with Gasteiger partial charge >= 0.3 is 5.97 Å². The van der Waals surface area contributed by atoms with Gasteiger partial charge in [-0.1, -0.05) is 68.4 Å². The quantitative estimate of drug-likeness (QED) is 0.372. The van der Waals surface area contributed by atoms with Crippen molar-refractivity contribution < 1.29 is 14.3 Å². The van der Waals surface area contributed by atoms with Gasteiger partial charge in [-0.25, -0.2) is 0 Å². The molecule has 3 aromatic rings. The number of hydrogen-bond donors (Lipinski definition) is 2. The Bertz CT molecular complexity index is 1260. The predicted octanol–water partition coefficient (Wildman–Crippen LogP) is 6.06. The van der Waals surface area contributed by atoms with Crippen LogP contribution < -0.4 is 15.4 Å². The topological polar surface area (TPSA) is 67.4 Å². The van der Waals surface area contributed by atoms with Gasteiger partial charge in [0.1, 0.15) is 5.75 Å². The zero-order valence-corrected chi connectivity index (χ0v) is 19.4. The lowest BCUT2D eigenvalue weighted by Gasteiger charge is -2.34. The van der Waals surface area contributed by atoms with Crippen molar-refractivity contribution in [1.82, 2.24) is 0 Å². The van der Waals surface area contributed by atoms with E-state index in [9.17, 15) is 9.59 Å². The van der Waals surface area contributed by atoms with Crippen molar-refractivity contribution >= 4 is 23.1 Å². The Kier molecular flexibility index (Phi) is 5.70. The van der Waals surface area contributed by atoms with Crippen molar-refractivity contribution in [1.29, 1.82) is 0 Å². The normalized spacial score (nSPS) is 18.6. The molecule has 172 valence electrons. The van der Waals surface area contributed by atoms with Gasteiger partial charge in [-0.15, -0.1) is 0 Å². The Labute approximate surface area is 199 Å². The van der Waals surface area contributed by atoms with Crippen LogP contribution in [0.25, 0.3) is 0 Å². The van der Waals surface area contributed by atoms with Crippen LogP contribution in [0.5, 0.6) is 5.75 Å². The molecule has 5 nitrogen and oxygen atoms in total. The van der Waals surface area contributed by atoms with Crippen molar-refractivity contribution in [3.05, 3.63) is 101 Å². The van der Waals surface area contributed by atoms with Gasteiger partial charge in [-0.05, 0) is 47.2 Å². The van der Waals surface area contributed by atoms with E-state index in [4.69, 9.17) is 4.74 Å². The number of benzene rings is 3. The fraction of sp³-hybridized carbons (Fsp3) is 0.241. The molecule has 0 radical (unpaired) electrons. The summed E-state index contributed by atoms with van der Waals surface area (Å²) in [6.07, 6.45) is 1.53. The SMILES string of the molecule is CC1(C)CC(=O)C2=C(C1)Nc1ccccc1NC2c1ccc(OC(=O)Cc2ccccc2)cc1. The zero-order chi connectivity index (χ0) is 23.7. The Morgan fingerprint density at radius 3 is 2.32 bits per heavy atom. The van der Waals surface area contributed by atoms with Crippen molar-refractivity contribution in [2.75, 3.05) is 10.6 Å². The molecular weight excluding hydrogens is 424 g/mol. The molecule has 0 aromatic heterocycles. The molecule has 0 bridgehead atoms. The minimum absolute atomic E-state index is 0.0937. The molecule has 3 aromatic carbocycles. The maximum Gasteiger partial charge on any atom is 0.315 e. The second kappa shape index (κ2) is 8.82. The van der Waals surface area contributed by atoms with Gasteiger partial charge in [0.25, 0.3) is 0 Å². The lowest BCUT2D eigenvalue weighted by Crippen LogP contribution is -2.31. The molecule has 2 N–H and O–H groups in total. The average Bonchev–Trinajstić information content (AvgIpc) is 2.96. The van der Waals surface area contributed by atoms with Gasteiger partial charge in [0.2, 0.25) is 0 Å². The highest BCUT2D eigenvalue weighted by Crippen LogP contribution is 2.45. The van der Waals surface area contributed by atoms with Gasteiger partial charge in [0.05, 0.1) is 23.8 Å². The first-order chi connectivity index (χ1) is 16.4. The van der Waals surface area contributed by atoms with Gasteiger partial charge in [0.15, 0.2) is 5.78 Å². The number of carbonyl (C=O) groups is 2. The van der Waals surface area contributed by atoms with Crippen molar-refractivity contribution in [3.8, 4) is 5.75 Å². The molecule has 1 unspecified atom stereocenters. The second-order valence-electron chi connectivity index (χ2n) is 9.79. The molecule has 0 spiro atoms. The van der Waals surface area contributed by atoms with Crippen molar-refractivity contribution in [2.45, 2.75) is 39.2 Å². The summed E-state index contributed by atoms with van der Waals surface area (Å²) in [6.45, 7) is 4.27. The van der Waals surface area contributed by atoms with Crippen LogP contribution in [0.15, 0.2) is 90.1 Å². The van der Waals surface area contributed by atoms with Gasteiger partial charge in [-0.2, -0.15) is 0 Å². The molecule has 0 saturated heterocycles. The van der Waals surface area contributed by atoms with E-state index in [1.807, 2.05) is 66.7 Å². The van der Waals surface area contributed by atoms with Crippen LogP contribution in [0.1, 0.15) is 43.9 Å². The third kappa shape index (κ3) is 4.60. The van der Waals surface area contributed by atoms with Crippen molar-refractivity contribution in [3.63, 3.8) is 0 Å². The maximum atomic E-state index is 13.3. The summed E-state index contributed by atoms with van der Waals surface area (Å²) in [5, 5.41) is 7.11. The highest BCUT2D eigenvalue weighted by atomic mass is 16.5. The number of rotatable bonds is 4. The lowest BCUT2D eigenvalue weighted by atomic mass is 9.73. The summed E-state index contributed by atoms with van der Waals surface area (Å²) >= 11 is 0. The standard InChI is InChI=1S/C29H28N2O3/c1-29(2)17-24-27(25(32)18-29)28(31-23-11-7-6-10-22(23)30-24)20-12-14-21(15-13-20)34-26(33)16-19-8-4-3-5-9-19/h3-15,28,30-31H,16-18H2,1-2H3. The van der Waals surface area contributed by atoms with Crippen molar-refractivity contribution in [2.24, 2.45) is 5.41 Å². The molecule has 1 heterocycles. The number of carbonyl (C=O) groups excluding carboxylic acids is 2. The summed E-state index contributed by atoms with van der Waals surface area (Å²) in [6, 6.07) is 24.7. The molecule has 5 heteroatoms. The van der Waals surface area contributed by atoms with Crippen LogP contribution in [-0.4, -0.2) is 11.8 Å². The summed E-state index contributed by atoms with van der Waals surface area (Å²) < 4.78 is 5.55. The van der Waals surface area contributed by atoms with Crippen LogP contribution in [0, 0.1) is 5.41 Å². The molecular formula is C29H28N2O3. The molecule has 1 aliphatic carbocycles. The monoisotopic (exact) mass is 452 g/mol. The molecule has 34 heavy (non-hydrogen) atoms. The average molecular weight is 453 g/mol. The van der Waals surface area contributed by atoms with E-state index in [1.165, 1.54) is 0 Å². The number of ketones is 1. The van der Waals surface area contributed by atoms with E-state index >= 15 is 0 Å². The minimum Gasteiger partial charge on any atom is -0.426 e. The molecule has 0 amide bonds. The van der Waals surface area contributed by atoms with Gasteiger partial charge in [0, 0.05) is 17.7 Å². The zero-order valence-electron chi connectivity index (χ0n) is 19.4. The molecule has 1 atom stereocenters. The Balaban J connectivity index is 1.42. The number of para-hydroxylation sites is 2. The summed E-state index contributed by atoms with van der Waals surface area (Å²) in [7, 11) is 0. The van der Waals surface area contributed by atoms with Crippen LogP contribution in [0.2, 0.25) is 0 Å². The largest absolute Gasteiger partial charge is 0.426 e. The number of ether oxygens (including phenoxy) is 1. The van der Waals surface area contributed by atoms with Crippen LogP contribution >= 0.6 is 0 Å². The fourth-order valence-electron chi connectivity index (χ4n) is 4.80. The number of allylic oxidation sites excluding steroid dienone is 1. The Hall–Kier alpha value is -3.86. The second-order valence-corrected chi connectivity index (χ2v) is 9.79. The molecule has 2 aliphatic rings. The lowest BCUT2D eigenvalue weighted by molar-refractivity contribution is -0.133. The number of esters is 1. The molecule has 0 fully saturated rings. The molecule has 1 aliphatic heterocycles. The first-order valence-electron chi connectivity index (χ1n) is 11.6. The highest BCUT2D eigenvalue weighted by Gasteiger charge is 2.38. The van der Waals surface area contributed by atoms with E-state index in [-0.39, 0.29) is 29.6 Å². The fourth-order valence-corrected chi connectivity index (χ4v) is 4.80. The van der Waals surface area contributed by atoms with E-state index < -0.39 is 0 Å². The Morgan fingerprint density at radius 1 is 0.912 bits per heavy atom. The first-order valence-corrected chi connectivity index (χ1v) is 11.6. The smallest absolute Gasteiger partial charge is 0.315 e. The van der Waals surface area contributed by atoms with Gasteiger partial charge in [-0.3, -0.25) is 9.59 Å². The predicted molar refractivity (Wildman–Crippen MR) is 134 cm³/mol. The van der Waals surface area contributed by atoms with E-state index in [0.29, 0.717) is 12.2 Å². The highest BCUT2D eigenvalue weighted by molar-refractivity contribution is 6.01. The summed E-state index contributed by atoms with van der Waals surface area (Å²) in [4.78, 5) is 25.7. The summed E-state index contributed by atoms with van der Waals surface area (Å²) in [5.74, 6) is 0.337. The van der Waals surface area contributed by atoms with E-state index in [0.717, 1.165) is 40.2 Å². The maximum absolute atomic E-state index is 13.3. The number of fused-ring (bicyclic) bond motifs is 1. The third-order valence-corrected chi connectivity index (χ3v) is 6.36. The molecule has 5 rings (SSSR count). The number of anilines is 2. The summed E-state index contributed by atoms with van der Waals surface area (Å²) in [5.41, 5.74) is 5.44. The Morgan fingerprint density at radius 2 is 1.59 bits per heavy atom. The van der Waals surface area contributed by atoms with Gasteiger partial charge < -0.3 is 15.4 Å². The molecule has 0 saturated carbocycles. The minimum atomic E-state index is -0.306.